The van der Waals surface area contributed by atoms with Crippen molar-refractivity contribution in [3.63, 3.8) is 0 Å². The number of carbonyl (C=O) groups is 1. The normalized spacial score (nSPS) is 22.2. The maximum atomic E-state index is 11.1. The van der Waals surface area contributed by atoms with Gasteiger partial charge in [-0.1, -0.05) is 45.4 Å². The van der Waals surface area contributed by atoms with Crippen molar-refractivity contribution in [3.8, 4) is 0 Å². The summed E-state index contributed by atoms with van der Waals surface area (Å²) < 4.78 is 0. The molecule has 0 aromatic rings. The SMILES string of the molecule is CCCCCCCCC(C)N1CCNC1C(=O)O. The first-order chi connectivity index (χ1) is 8.66. The van der Waals surface area contributed by atoms with Gasteiger partial charge >= 0.3 is 5.97 Å². The largest absolute Gasteiger partial charge is 0.479 e. The standard InChI is InChI=1S/C14H28N2O2/c1-3-4-5-6-7-8-9-12(2)16-11-10-15-13(16)14(17)18/h12-13,15H,3-11H2,1-2H3,(H,17,18). The summed E-state index contributed by atoms with van der Waals surface area (Å²) in [7, 11) is 0. The van der Waals surface area contributed by atoms with Gasteiger partial charge in [-0.3, -0.25) is 10.2 Å². The molecule has 2 atom stereocenters. The topological polar surface area (TPSA) is 52.6 Å². The average molecular weight is 256 g/mol. The van der Waals surface area contributed by atoms with Crippen LogP contribution in [-0.2, 0) is 4.79 Å². The second-order valence-electron chi connectivity index (χ2n) is 5.34. The van der Waals surface area contributed by atoms with Crippen LogP contribution < -0.4 is 5.32 Å². The summed E-state index contributed by atoms with van der Waals surface area (Å²) in [6.07, 6.45) is 8.42. The van der Waals surface area contributed by atoms with E-state index < -0.39 is 12.1 Å². The molecule has 18 heavy (non-hydrogen) atoms. The molecule has 0 spiro atoms. The molecule has 0 bridgehead atoms. The zero-order valence-electron chi connectivity index (χ0n) is 11.8. The Kier molecular flexibility index (Phi) is 7.28. The van der Waals surface area contributed by atoms with Crippen molar-refractivity contribution in [2.24, 2.45) is 0 Å². The third kappa shape index (κ3) is 4.94. The highest BCUT2D eigenvalue weighted by Gasteiger charge is 2.32. The quantitative estimate of drug-likeness (QED) is 0.622. The predicted octanol–water partition coefficient (Wildman–Crippen LogP) is 2.44. The van der Waals surface area contributed by atoms with Gasteiger partial charge in [0.25, 0.3) is 0 Å². The Morgan fingerprint density at radius 3 is 2.67 bits per heavy atom. The summed E-state index contributed by atoms with van der Waals surface area (Å²) in [4.78, 5) is 13.1. The van der Waals surface area contributed by atoms with Crippen LogP contribution in [0.2, 0.25) is 0 Å². The minimum Gasteiger partial charge on any atom is -0.479 e. The first-order valence-electron chi connectivity index (χ1n) is 7.38. The van der Waals surface area contributed by atoms with Crippen molar-refractivity contribution in [2.45, 2.75) is 71.0 Å². The lowest BCUT2D eigenvalue weighted by atomic mass is 10.1. The van der Waals surface area contributed by atoms with Gasteiger partial charge in [0.15, 0.2) is 6.17 Å². The van der Waals surface area contributed by atoms with Crippen LogP contribution in [0.15, 0.2) is 0 Å². The summed E-state index contributed by atoms with van der Waals surface area (Å²) >= 11 is 0. The Bertz CT molecular complexity index is 246. The molecule has 0 radical (unpaired) electrons. The molecule has 1 aliphatic heterocycles. The van der Waals surface area contributed by atoms with Crippen LogP contribution in [0.4, 0.5) is 0 Å². The third-order valence-corrected chi connectivity index (χ3v) is 3.81. The van der Waals surface area contributed by atoms with Crippen LogP contribution in [0.1, 0.15) is 58.8 Å². The molecule has 4 heteroatoms. The van der Waals surface area contributed by atoms with Crippen LogP contribution in [0.3, 0.4) is 0 Å². The Hall–Kier alpha value is -0.610. The van der Waals surface area contributed by atoms with Gasteiger partial charge in [-0.2, -0.15) is 0 Å². The number of hydrogen-bond acceptors (Lipinski definition) is 3. The van der Waals surface area contributed by atoms with Gasteiger partial charge in [-0.15, -0.1) is 0 Å². The Morgan fingerprint density at radius 1 is 1.33 bits per heavy atom. The lowest BCUT2D eigenvalue weighted by Crippen LogP contribution is -2.46. The van der Waals surface area contributed by atoms with E-state index in [2.05, 4.69) is 24.1 Å². The number of nitrogens with zero attached hydrogens (tertiary/aromatic N) is 1. The molecule has 1 saturated heterocycles. The molecule has 1 rings (SSSR count). The van der Waals surface area contributed by atoms with Gasteiger partial charge in [0.05, 0.1) is 0 Å². The highest BCUT2D eigenvalue weighted by molar-refractivity contribution is 5.73. The van der Waals surface area contributed by atoms with Crippen LogP contribution in [0.25, 0.3) is 0 Å². The van der Waals surface area contributed by atoms with Crippen LogP contribution in [0, 0.1) is 0 Å². The van der Waals surface area contributed by atoms with Crippen molar-refractivity contribution in [1.82, 2.24) is 10.2 Å². The molecule has 0 amide bonds. The van der Waals surface area contributed by atoms with Gasteiger partial charge < -0.3 is 5.11 Å². The first kappa shape index (κ1) is 15.4. The van der Waals surface area contributed by atoms with E-state index in [1.54, 1.807) is 0 Å². The molecule has 1 aliphatic rings. The maximum Gasteiger partial charge on any atom is 0.335 e. The summed E-state index contributed by atoms with van der Waals surface area (Å²) in [5.41, 5.74) is 0. The molecule has 1 heterocycles. The molecule has 106 valence electrons. The third-order valence-electron chi connectivity index (χ3n) is 3.81. The van der Waals surface area contributed by atoms with Gasteiger partial charge in [0.1, 0.15) is 0 Å². The molecule has 4 nitrogen and oxygen atoms in total. The number of carboxylic acids is 1. The van der Waals surface area contributed by atoms with Crippen molar-refractivity contribution in [1.29, 1.82) is 0 Å². The van der Waals surface area contributed by atoms with Crippen LogP contribution in [0.5, 0.6) is 0 Å². The molecule has 0 aromatic heterocycles. The summed E-state index contributed by atoms with van der Waals surface area (Å²) in [6.45, 7) is 6.02. The Morgan fingerprint density at radius 2 is 2.00 bits per heavy atom. The van der Waals surface area contributed by atoms with E-state index in [9.17, 15) is 4.79 Å². The van der Waals surface area contributed by atoms with Gasteiger partial charge in [0, 0.05) is 19.1 Å². The van der Waals surface area contributed by atoms with E-state index >= 15 is 0 Å². The van der Waals surface area contributed by atoms with Crippen molar-refractivity contribution in [3.05, 3.63) is 0 Å². The smallest absolute Gasteiger partial charge is 0.335 e. The average Bonchev–Trinajstić information content (AvgIpc) is 2.82. The molecule has 2 N–H and O–H groups in total. The van der Waals surface area contributed by atoms with E-state index in [1.807, 2.05) is 0 Å². The fraction of sp³-hybridized carbons (Fsp3) is 0.929. The van der Waals surface area contributed by atoms with E-state index in [4.69, 9.17) is 5.11 Å². The number of carboxylic acid groups (broad SMARTS) is 1. The van der Waals surface area contributed by atoms with Gasteiger partial charge in [0.2, 0.25) is 0 Å². The van der Waals surface area contributed by atoms with Crippen molar-refractivity contribution in [2.75, 3.05) is 13.1 Å². The van der Waals surface area contributed by atoms with E-state index in [1.165, 1.54) is 38.5 Å². The summed E-state index contributed by atoms with van der Waals surface area (Å²) in [6, 6.07) is 0.368. The summed E-state index contributed by atoms with van der Waals surface area (Å²) in [5.74, 6) is -0.748. The van der Waals surface area contributed by atoms with E-state index in [-0.39, 0.29) is 0 Å². The molecular formula is C14H28N2O2. The fourth-order valence-electron chi connectivity index (χ4n) is 2.67. The van der Waals surface area contributed by atoms with Gasteiger partial charge in [-0.05, 0) is 13.3 Å². The minimum absolute atomic E-state index is 0.368. The first-order valence-corrected chi connectivity index (χ1v) is 7.38. The van der Waals surface area contributed by atoms with Crippen LogP contribution in [-0.4, -0.2) is 41.3 Å². The van der Waals surface area contributed by atoms with Crippen LogP contribution >= 0.6 is 0 Å². The second-order valence-corrected chi connectivity index (χ2v) is 5.34. The molecule has 0 saturated carbocycles. The van der Waals surface area contributed by atoms with Gasteiger partial charge in [-0.25, -0.2) is 4.79 Å². The fourth-order valence-corrected chi connectivity index (χ4v) is 2.67. The zero-order valence-corrected chi connectivity index (χ0v) is 11.8. The number of aliphatic carboxylic acids is 1. The maximum absolute atomic E-state index is 11.1. The zero-order chi connectivity index (χ0) is 13.4. The molecule has 2 unspecified atom stereocenters. The number of rotatable bonds is 9. The Labute approximate surface area is 111 Å². The lowest BCUT2D eigenvalue weighted by molar-refractivity contribution is -0.143. The van der Waals surface area contributed by atoms with Crippen molar-refractivity contribution >= 4 is 5.97 Å². The van der Waals surface area contributed by atoms with E-state index in [0.717, 1.165) is 19.5 Å². The Balaban J connectivity index is 2.15. The highest BCUT2D eigenvalue weighted by atomic mass is 16.4. The monoisotopic (exact) mass is 256 g/mol. The molecule has 0 aliphatic carbocycles. The lowest BCUT2D eigenvalue weighted by Gasteiger charge is -2.27. The number of hydrogen-bond donors (Lipinski definition) is 2. The highest BCUT2D eigenvalue weighted by Crippen LogP contribution is 2.16. The second kappa shape index (κ2) is 8.48. The summed E-state index contributed by atoms with van der Waals surface area (Å²) in [5, 5.41) is 12.1. The molecule has 1 fully saturated rings. The minimum atomic E-state index is -0.748. The van der Waals surface area contributed by atoms with E-state index in [0.29, 0.717) is 6.04 Å². The molecular weight excluding hydrogens is 228 g/mol. The predicted molar refractivity (Wildman–Crippen MR) is 73.6 cm³/mol. The van der Waals surface area contributed by atoms with Crippen molar-refractivity contribution < 1.29 is 9.90 Å². The number of unbranched alkanes of at least 4 members (excludes halogenated alkanes) is 5. The molecule has 0 aromatic carbocycles. The number of nitrogens with one attached hydrogen (secondary N) is 1.